The van der Waals surface area contributed by atoms with E-state index in [2.05, 4.69) is 35.1 Å². The van der Waals surface area contributed by atoms with Crippen LogP contribution in [0.4, 0.5) is 4.79 Å². The number of nitrogens with zero attached hydrogens (tertiary/aromatic N) is 1. The second-order valence-electron chi connectivity index (χ2n) is 17.4. The van der Waals surface area contributed by atoms with Gasteiger partial charge in [0.05, 0.1) is 17.3 Å². The van der Waals surface area contributed by atoms with Gasteiger partial charge in [0, 0.05) is 18.8 Å². The van der Waals surface area contributed by atoms with Crippen LogP contribution in [0.3, 0.4) is 0 Å². The molecule has 274 valence electrons. The average molecular weight is 704 g/mol. The first-order valence-electron chi connectivity index (χ1n) is 18.7. The monoisotopic (exact) mass is 703 g/mol. The molecule has 1 heterocycles. The van der Waals surface area contributed by atoms with Crippen molar-refractivity contribution in [2.75, 3.05) is 18.6 Å². The predicted octanol–water partition coefficient (Wildman–Crippen LogP) is 2.99. The van der Waals surface area contributed by atoms with Gasteiger partial charge in [0.2, 0.25) is 17.6 Å². The van der Waals surface area contributed by atoms with Gasteiger partial charge in [-0.05, 0) is 73.5 Å². The fourth-order valence-corrected chi connectivity index (χ4v) is 10.8. The molecule has 6 aliphatic rings. The van der Waals surface area contributed by atoms with Gasteiger partial charge in [-0.2, -0.15) is 0 Å². The number of Topliss-reactive ketones (excluding diaryl/α,β-unsaturated/α-hetero) is 1. The number of hydrogen-bond acceptors (Lipinski definition) is 7. The van der Waals surface area contributed by atoms with E-state index in [0.717, 1.165) is 77.0 Å². The summed E-state index contributed by atoms with van der Waals surface area (Å²) in [6, 6.07) is -3.24. The zero-order valence-electron chi connectivity index (χ0n) is 29.8. The molecule has 4 N–H and O–H groups in total. The van der Waals surface area contributed by atoms with Crippen molar-refractivity contribution in [2.24, 2.45) is 28.6 Å². The third-order valence-electron chi connectivity index (χ3n) is 12.7. The number of carbonyl (C=O) groups excluding carboxylic acids is 5. The Kier molecular flexibility index (Phi) is 9.91. The van der Waals surface area contributed by atoms with Crippen LogP contribution < -0.4 is 21.3 Å². The van der Waals surface area contributed by atoms with Gasteiger partial charge < -0.3 is 26.2 Å². The highest BCUT2D eigenvalue weighted by Crippen LogP contribution is 2.65. The molecule has 1 saturated heterocycles. The van der Waals surface area contributed by atoms with Gasteiger partial charge in [0.1, 0.15) is 21.9 Å². The minimum atomic E-state index is -3.39. The molecule has 6 rings (SSSR count). The minimum absolute atomic E-state index is 0.0202. The Hall–Kier alpha value is -2.70. The Morgan fingerprint density at radius 1 is 0.837 bits per heavy atom. The Morgan fingerprint density at radius 3 is 2.02 bits per heavy atom. The molecule has 0 radical (unpaired) electrons. The highest BCUT2D eigenvalue weighted by Gasteiger charge is 2.70. The molecule has 0 aromatic carbocycles. The van der Waals surface area contributed by atoms with E-state index in [-0.39, 0.29) is 40.9 Å². The van der Waals surface area contributed by atoms with E-state index in [9.17, 15) is 32.4 Å². The number of likely N-dealkylation sites (tertiary alicyclic amines) is 1. The zero-order chi connectivity index (χ0) is 35.4. The van der Waals surface area contributed by atoms with Gasteiger partial charge in [0.25, 0.3) is 5.91 Å². The highest BCUT2D eigenvalue weighted by molar-refractivity contribution is 7.90. The standard InChI is InChI=1S/C36H57N5O7S/c1-34(2)24-20-41(27(26(24)34)30(43)38-25(19-22-11-12-22)28(42)31(44)37-23-13-14-23)32(45)29(35(3)15-7-5-8-16-35)39-33(46)40-36(21-49(4,47)48)17-9-6-10-18-36/h22-27,29H,5-21H2,1-4H3,(H,37,44)(H,38,43)(H2,39,40,46)/t24-,25?,26-,27-,29+/m0/s1. The summed E-state index contributed by atoms with van der Waals surface area (Å²) in [7, 11) is -3.39. The topological polar surface area (TPSA) is 171 Å². The van der Waals surface area contributed by atoms with Crippen LogP contribution in [0.5, 0.6) is 0 Å². The van der Waals surface area contributed by atoms with Gasteiger partial charge in [-0.15, -0.1) is 0 Å². The SMILES string of the molecule is CC1([C@H](NC(=O)NC2(CS(C)(=O)=O)CCCCC2)C(=O)N2C[C@H]3[C@@H]([C@H]2C(=O)NC(CC2CC2)C(=O)C(=O)NC2CC2)C3(C)C)CCCCC1. The van der Waals surface area contributed by atoms with E-state index in [1.54, 1.807) is 4.90 Å². The van der Waals surface area contributed by atoms with E-state index < -0.39 is 62.5 Å². The Morgan fingerprint density at radius 2 is 1.45 bits per heavy atom. The molecule has 5 saturated carbocycles. The zero-order valence-corrected chi connectivity index (χ0v) is 30.6. The molecule has 0 bridgehead atoms. The van der Waals surface area contributed by atoms with Gasteiger partial charge >= 0.3 is 6.03 Å². The molecule has 5 atom stereocenters. The second kappa shape index (κ2) is 13.5. The Labute approximate surface area is 291 Å². The normalized spacial score (nSPS) is 29.5. The number of carbonyl (C=O) groups is 5. The molecule has 0 spiro atoms. The van der Waals surface area contributed by atoms with Crippen molar-refractivity contribution in [3.05, 3.63) is 0 Å². The molecular weight excluding hydrogens is 646 g/mol. The Bertz CT molecular complexity index is 1440. The van der Waals surface area contributed by atoms with Crippen molar-refractivity contribution in [3.8, 4) is 0 Å². The molecular formula is C36H57N5O7S. The van der Waals surface area contributed by atoms with Crippen molar-refractivity contribution in [1.29, 1.82) is 0 Å². The van der Waals surface area contributed by atoms with E-state index in [4.69, 9.17) is 0 Å². The number of piperidine rings is 1. The number of urea groups is 1. The third kappa shape index (κ3) is 8.12. The lowest BCUT2D eigenvalue weighted by atomic mass is 9.70. The lowest BCUT2D eigenvalue weighted by molar-refractivity contribution is -0.146. The van der Waals surface area contributed by atoms with Gasteiger partial charge in [-0.25, -0.2) is 13.2 Å². The van der Waals surface area contributed by atoms with E-state index in [0.29, 0.717) is 25.8 Å². The summed E-state index contributed by atoms with van der Waals surface area (Å²) >= 11 is 0. The van der Waals surface area contributed by atoms with E-state index >= 15 is 0 Å². The highest BCUT2D eigenvalue weighted by atomic mass is 32.2. The van der Waals surface area contributed by atoms with Crippen LogP contribution in [0.1, 0.15) is 117 Å². The number of ketones is 1. The number of sulfone groups is 1. The summed E-state index contributed by atoms with van der Waals surface area (Å²) in [5.74, 6) is -1.93. The fourth-order valence-electron chi connectivity index (χ4n) is 9.42. The average Bonchev–Trinajstić information content (AvgIpc) is 3.98. The second-order valence-corrected chi connectivity index (χ2v) is 19.5. The molecule has 5 amide bonds. The molecule has 49 heavy (non-hydrogen) atoms. The summed E-state index contributed by atoms with van der Waals surface area (Å²) in [6.45, 7) is 6.58. The first-order valence-corrected chi connectivity index (χ1v) is 20.8. The lowest BCUT2D eigenvalue weighted by Crippen LogP contribution is -2.64. The van der Waals surface area contributed by atoms with Gasteiger partial charge in [-0.1, -0.05) is 72.1 Å². The summed E-state index contributed by atoms with van der Waals surface area (Å²) in [6.07, 6.45) is 13.2. The number of nitrogens with one attached hydrogen (secondary N) is 4. The molecule has 1 aliphatic heterocycles. The largest absolute Gasteiger partial charge is 0.347 e. The van der Waals surface area contributed by atoms with Crippen LogP contribution in [-0.2, 0) is 29.0 Å². The summed E-state index contributed by atoms with van der Waals surface area (Å²) in [5, 5.41) is 11.7. The maximum atomic E-state index is 14.8. The number of hydrogen-bond donors (Lipinski definition) is 4. The van der Waals surface area contributed by atoms with Gasteiger partial charge in [0.15, 0.2) is 0 Å². The van der Waals surface area contributed by atoms with Crippen LogP contribution in [0.2, 0.25) is 0 Å². The third-order valence-corrected chi connectivity index (χ3v) is 13.8. The van der Waals surface area contributed by atoms with Crippen molar-refractivity contribution >= 4 is 39.4 Å². The summed E-state index contributed by atoms with van der Waals surface area (Å²) < 4.78 is 24.9. The number of fused-ring (bicyclic) bond motifs is 1. The lowest BCUT2D eigenvalue weighted by Gasteiger charge is -2.44. The molecule has 0 aromatic rings. The van der Waals surface area contributed by atoms with Crippen LogP contribution >= 0.6 is 0 Å². The molecule has 0 aromatic heterocycles. The summed E-state index contributed by atoms with van der Waals surface area (Å²) in [4.78, 5) is 70.6. The van der Waals surface area contributed by atoms with E-state index in [1.165, 1.54) is 6.26 Å². The maximum absolute atomic E-state index is 14.8. The van der Waals surface area contributed by atoms with E-state index in [1.807, 2.05) is 6.92 Å². The quantitative estimate of drug-likeness (QED) is 0.214. The summed E-state index contributed by atoms with van der Waals surface area (Å²) in [5.41, 5.74) is -1.63. The fraction of sp³-hybridized carbons (Fsp3) is 0.861. The van der Waals surface area contributed by atoms with Crippen molar-refractivity contribution in [2.45, 2.75) is 147 Å². The predicted molar refractivity (Wildman–Crippen MR) is 184 cm³/mol. The molecule has 12 nitrogen and oxygen atoms in total. The van der Waals surface area contributed by atoms with Crippen LogP contribution in [0.25, 0.3) is 0 Å². The van der Waals surface area contributed by atoms with Crippen molar-refractivity contribution in [3.63, 3.8) is 0 Å². The minimum Gasteiger partial charge on any atom is -0.347 e. The first kappa shape index (κ1) is 36.1. The van der Waals surface area contributed by atoms with Crippen molar-refractivity contribution < 1.29 is 32.4 Å². The number of amides is 5. The Balaban J connectivity index is 1.23. The molecule has 5 aliphatic carbocycles. The van der Waals surface area contributed by atoms with Gasteiger partial charge in [-0.3, -0.25) is 19.2 Å². The number of rotatable bonds is 13. The van der Waals surface area contributed by atoms with Crippen LogP contribution in [0.15, 0.2) is 0 Å². The smallest absolute Gasteiger partial charge is 0.315 e. The van der Waals surface area contributed by atoms with Crippen LogP contribution in [-0.4, -0.2) is 91.1 Å². The maximum Gasteiger partial charge on any atom is 0.315 e. The van der Waals surface area contributed by atoms with Crippen molar-refractivity contribution in [1.82, 2.24) is 26.2 Å². The first-order chi connectivity index (χ1) is 23.0. The molecule has 1 unspecified atom stereocenters. The van der Waals surface area contributed by atoms with Crippen LogP contribution in [0, 0.1) is 28.6 Å². The molecule has 6 fully saturated rings. The molecule has 13 heteroatoms.